The number of H-pyrrole nitrogens is 1. The van der Waals surface area contributed by atoms with Crippen molar-refractivity contribution in [1.82, 2.24) is 20.3 Å². The number of carbonyl (C=O) groups is 1. The zero-order valence-corrected chi connectivity index (χ0v) is 18.3. The number of nitrogens with zero attached hydrogens (tertiary/aromatic N) is 2. The highest BCUT2D eigenvalue weighted by molar-refractivity contribution is 6.07. The van der Waals surface area contributed by atoms with Crippen LogP contribution in [0.4, 0.5) is 0 Å². The van der Waals surface area contributed by atoms with Crippen LogP contribution in [0.15, 0.2) is 30.7 Å². The maximum Gasteiger partial charge on any atom is 0.255 e. The van der Waals surface area contributed by atoms with Crippen molar-refractivity contribution in [3.8, 4) is 22.8 Å². The summed E-state index contributed by atoms with van der Waals surface area (Å²) in [5.74, 6) is 1.94. The molecule has 5 rings (SSSR count). The van der Waals surface area contributed by atoms with Crippen LogP contribution >= 0.6 is 0 Å². The van der Waals surface area contributed by atoms with Gasteiger partial charge in [-0.15, -0.1) is 0 Å². The Morgan fingerprint density at radius 1 is 1.19 bits per heavy atom. The molecule has 8 nitrogen and oxygen atoms in total. The third-order valence-corrected chi connectivity index (χ3v) is 6.43. The van der Waals surface area contributed by atoms with Gasteiger partial charge in [-0.3, -0.25) is 4.79 Å². The second kappa shape index (κ2) is 8.78. The summed E-state index contributed by atoms with van der Waals surface area (Å²) in [6, 6.07) is 6.10. The van der Waals surface area contributed by atoms with E-state index in [2.05, 4.69) is 20.3 Å². The Morgan fingerprint density at radius 3 is 2.75 bits per heavy atom. The van der Waals surface area contributed by atoms with E-state index < -0.39 is 0 Å². The molecule has 2 fully saturated rings. The zero-order chi connectivity index (χ0) is 22.1. The molecular weight excluding hydrogens is 406 g/mol. The number of hydrogen-bond donors (Lipinski definition) is 3. The smallest absolute Gasteiger partial charge is 0.255 e. The molecule has 2 aliphatic rings. The first-order valence-electron chi connectivity index (χ1n) is 11.3. The van der Waals surface area contributed by atoms with Gasteiger partial charge in [-0.05, 0) is 56.6 Å². The van der Waals surface area contributed by atoms with Crippen molar-refractivity contribution in [2.45, 2.75) is 50.6 Å². The Hall–Kier alpha value is -3.13. The van der Waals surface area contributed by atoms with Crippen LogP contribution in [-0.2, 0) is 0 Å². The topological polar surface area (TPSA) is 115 Å². The molecule has 168 valence electrons. The third-order valence-electron chi connectivity index (χ3n) is 6.43. The van der Waals surface area contributed by atoms with Crippen LogP contribution in [0.5, 0.6) is 11.5 Å². The number of amides is 1. The van der Waals surface area contributed by atoms with Crippen LogP contribution in [0.25, 0.3) is 22.3 Å². The fourth-order valence-electron chi connectivity index (χ4n) is 4.28. The second-order valence-electron chi connectivity index (χ2n) is 8.85. The summed E-state index contributed by atoms with van der Waals surface area (Å²) in [5.41, 5.74) is 9.36. The normalized spacial score (nSPS) is 20.8. The first-order chi connectivity index (χ1) is 15.6. The molecule has 8 heteroatoms. The molecule has 2 aromatic heterocycles. The van der Waals surface area contributed by atoms with Crippen molar-refractivity contribution in [2.75, 3.05) is 13.7 Å². The molecule has 0 atom stereocenters. The van der Waals surface area contributed by atoms with Crippen molar-refractivity contribution in [1.29, 1.82) is 0 Å². The van der Waals surface area contributed by atoms with Gasteiger partial charge in [0.15, 0.2) is 0 Å². The summed E-state index contributed by atoms with van der Waals surface area (Å²) in [6.45, 7) is 0.678. The molecule has 2 saturated carbocycles. The van der Waals surface area contributed by atoms with Crippen molar-refractivity contribution in [2.24, 2.45) is 11.7 Å². The minimum atomic E-state index is -0.124. The van der Waals surface area contributed by atoms with E-state index >= 15 is 0 Å². The van der Waals surface area contributed by atoms with E-state index in [1.807, 2.05) is 18.2 Å². The molecule has 4 N–H and O–H groups in total. The summed E-state index contributed by atoms with van der Waals surface area (Å²) in [5, 5.41) is 3.14. The van der Waals surface area contributed by atoms with Crippen LogP contribution in [0.1, 0.15) is 48.9 Å². The molecule has 2 heterocycles. The molecule has 0 unspecified atom stereocenters. The fourth-order valence-corrected chi connectivity index (χ4v) is 4.28. The molecule has 1 aromatic carbocycles. The van der Waals surface area contributed by atoms with E-state index in [-0.39, 0.29) is 18.0 Å². The Labute approximate surface area is 186 Å². The maximum absolute atomic E-state index is 13.0. The minimum Gasteiger partial charge on any atom is -0.497 e. The number of nitrogens with two attached hydrogens (primary N) is 1. The molecule has 0 spiro atoms. The predicted octanol–water partition coefficient (Wildman–Crippen LogP) is 3.42. The molecule has 0 saturated heterocycles. The summed E-state index contributed by atoms with van der Waals surface area (Å²) < 4.78 is 11.5. The maximum atomic E-state index is 13.0. The number of aromatic nitrogens is 3. The van der Waals surface area contributed by atoms with E-state index in [0.29, 0.717) is 34.8 Å². The van der Waals surface area contributed by atoms with Gasteiger partial charge in [-0.2, -0.15) is 0 Å². The second-order valence-corrected chi connectivity index (χ2v) is 8.85. The summed E-state index contributed by atoms with van der Waals surface area (Å²) in [6.07, 6.45) is 9.31. The van der Waals surface area contributed by atoms with E-state index in [9.17, 15) is 4.79 Å². The minimum absolute atomic E-state index is 0.124. The Kier molecular flexibility index (Phi) is 5.70. The summed E-state index contributed by atoms with van der Waals surface area (Å²) >= 11 is 0. The standard InChI is InChI=1S/C24H29N5O3/c1-31-17-8-9-18(20(10-17)32-12-14-2-3-14)21-23-22(28-13-27-21)19(11-26-23)24(30)29-16-6-4-15(25)5-7-16/h8-11,13-16,26H,2-7,12,25H2,1H3,(H,29,30)/t15-,16-. The third kappa shape index (κ3) is 4.27. The number of carbonyl (C=O) groups excluding carboxylic acids is 1. The average Bonchev–Trinajstić information content (AvgIpc) is 3.54. The van der Waals surface area contributed by atoms with Crippen molar-refractivity contribution >= 4 is 16.9 Å². The highest BCUT2D eigenvalue weighted by atomic mass is 16.5. The van der Waals surface area contributed by atoms with Gasteiger partial charge in [0.25, 0.3) is 5.91 Å². The van der Waals surface area contributed by atoms with Gasteiger partial charge < -0.3 is 25.5 Å². The number of hydrogen-bond acceptors (Lipinski definition) is 6. The van der Waals surface area contributed by atoms with Crippen LogP contribution < -0.4 is 20.5 Å². The monoisotopic (exact) mass is 435 g/mol. The van der Waals surface area contributed by atoms with Crippen LogP contribution in [0, 0.1) is 5.92 Å². The highest BCUT2D eigenvalue weighted by Gasteiger charge is 2.25. The number of ether oxygens (including phenoxy) is 2. The molecule has 0 aliphatic heterocycles. The largest absolute Gasteiger partial charge is 0.497 e. The van der Waals surface area contributed by atoms with Crippen molar-refractivity contribution in [3.05, 3.63) is 36.3 Å². The van der Waals surface area contributed by atoms with E-state index in [1.54, 1.807) is 13.3 Å². The summed E-state index contributed by atoms with van der Waals surface area (Å²) in [4.78, 5) is 25.1. The SMILES string of the molecule is COc1ccc(-c2ncnc3c(C(=O)N[C@H]4CC[C@H](N)CC4)c[nH]c23)c(OCC2CC2)c1. The first-order valence-corrected chi connectivity index (χ1v) is 11.3. The fraction of sp³-hybridized carbons (Fsp3) is 0.458. The molecule has 0 bridgehead atoms. The van der Waals surface area contributed by atoms with Crippen molar-refractivity contribution < 1.29 is 14.3 Å². The van der Waals surface area contributed by atoms with Gasteiger partial charge in [-0.25, -0.2) is 9.97 Å². The van der Waals surface area contributed by atoms with Gasteiger partial charge in [-0.1, -0.05) is 0 Å². The Bertz CT molecular complexity index is 1120. The lowest BCUT2D eigenvalue weighted by Gasteiger charge is -2.26. The number of nitrogens with one attached hydrogen (secondary N) is 2. The van der Waals surface area contributed by atoms with Gasteiger partial charge in [0, 0.05) is 29.9 Å². The molecule has 32 heavy (non-hydrogen) atoms. The first kappa shape index (κ1) is 20.8. The Morgan fingerprint density at radius 2 is 2.00 bits per heavy atom. The van der Waals surface area contributed by atoms with Gasteiger partial charge in [0.2, 0.25) is 0 Å². The van der Waals surface area contributed by atoms with Gasteiger partial charge >= 0.3 is 0 Å². The lowest BCUT2D eigenvalue weighted by Crippen LogP contribution is -2.40. The molecule has 2 aliphatic carbocycles. The van der Waals surface area contributed by atoms with E-state index in [4.69, 9.17) is 15.2 Å². The molecule has 3 aromatic rings. The quantitative estimate of drug-likeness (QED) is 0.524. The number of fused-ring (bicyclic) bond motifs is 1. The van der Waals surface area contributed by atoms with Gasteiger partial charge in [0.1, 0.15) is 29.0 Å². The number of rotatable bonds is 7. The van der Waals surface area contributed by atoms with Crippen LogP contribution in [-0.4, -0.2) is 46.7 Å². The average molecular weight is 436 g/mol. The number of benzene rings is 1. The lowest BCUT2D eigenvalue weighted by atomic mass is 9.91. The van der Waals surface area contributed by atoms with Gasteiger partial charge in [0.05, 0.1) is 24.8 Å². The molecular formula is C24H29N5O3. The van der Waals surface area contributed by atoms with E-state index in [1.165, 1.54) is 19.2 Å². The zero-order valence-electron chi connectivity index (χ0n) is 18.3. The Balaban J connectivity index is 1.44. The van der Waals surface area contributed by atoms with Crippen molar-refractivity contribution in [3.63, 3.8) is 0 Å². The number of aromatic amines is 1. The highest BCUT2D eigenvalue weighted by Crippen LogP contribution is 2.37. The van der Waals surface area contributed by atoms with Crippen LogP contribution in [0.3, 0.4) is 0 Å². The molecule has 0 radical (unpaired) electrons. The summed E-state index contributed by atoms with van der Waals surface area (Å²) in [7, 11) is 1.64. The van der Waals surface area contributed by atoms with Crippen LogP contribution in [0.2, 0.25) is 0 Å². The lowest BCUT2D eigenvalue weighted by molar-refractivity contribution is 0.0927. The molecule has 1 amide bonds. The predicted molar refractivity (Wildman–Crippen MR) is 122 cm³/mol. The number of methoxy groups -OCH3 is 1. The van der Waals surface area contributed by atoms with E-state index in [0.717, 1.165) is 42.7 Å².